The zero-order valence-electron chi connectivity index (χ0n) is 11.9. The van der Waals surface area contributed by atoms with Gasteiger partial charge < -0.3 is 9.42 Å². The van der Waals surface area contributed by atoms with E-state index in [0.717, 1.165) is 17.0 Å². The quantitative estimate of drug-likeness (QED) is 0.842. The Hall–Kier alpha value is -2.17. The minimum atomic E-state index is -0.0884. The van der Waals surface area contributed by atoms with Crippen LogP contribution in [0.1, 0.15) is 52.8 Å². The summed E-state index contributed by atoms with van der Waals surface area (Å²) in [7, 11) is 0. The zero-order valence-corrected chi connectivity index (χ0v) is 11.9. The first-order valence-corrected chi connectivity index (χ1v) is 6.75. The second-order valence-corrected chi connectivity index (χ2v) is 5.52. The molecule has 20 heavy (non-hydrogen) atoms. The molecular formula is C15H17N3O2. The highest BCUT2D eigenvalue weighted by molar-refractivity contribution is 5.92. The monoisotopic (exact) mass is 271 g/mol. The minimum absolute atomic E-state index is 0.0884. The number of carbonyl (C=O) groups excluding carboxylic acids is 1. The van der Waals surface area contributed by atoms with E-state index in [1.54, 1.807) is 11.0 Å². The molecule has 0 fully saturated rings. The maximum Gasteiger partial charge on any atom is 0.276 e. The summed E-state index contributed by atoms with van der Waals surface area (Å²) in [6.45, 7) is 7.17. The number of hydrogen-bond donors (Lipinski definition) is 0. The van der Waals surface area contributed by atoms with Crippen LogP contribution in [0.2, 0.25) is 0 Å². The molecule has 0 saturated heterocycles. The molecule has 3 rings (SSSR count). The highest BCUT2D eigenvalue weighted by Crippen LogP contribution is 2.25. The molecule has 0 unspecified atom stereocenters. The fraction of sp³-hybridized carbons (Fsp3) is 0.400. The number of nitrogens with zero attached hydrogens (tertiary/aromatic N) is 3. The normalized spacial score (nSPS) is 13.9. The summed E-state index contributed by atoms with van der Waals surface area (Å²) >= 11 is 0. The molecule has 3 heterocycles. The Morgan fingerprint density at radius 2 is 2.05 bits per heavy atom. The lowest BCUT2D eigenvalue weighted by molar-refractivity contribution is 0.0740. The molecule has 1 aliphatic heterocycles. The molecule has 0 radical (unpaired) electrons. The predicted molar refractivity (Wildman–Crippen MR) is 73.1 cm³/mol. The number of aryl methyl sites for hydroxylation is 1. The van der Waals surface area contributed by atoms with E-state index in [4.69, 9.17) is 4.52 Å². The number of hydrogen-bond acceptors (Lipinski definition) is 4. The lowest BCUT2D eigenvalue weighted by Gasteiger charge is -2.12. The van der Waals surface area contributed by atoms with Crippen molar-refractivity contribution < 1.29 is 9.32 Å². The van der Waals surface area contributed by atoms with E-state index < -0.39 is 0 Å². The average Bonchev–Trinajstić information content (AvgIpc) is 3.03. The molecule has 5 heteroatoms. The van der Waals surface area contributed by atoms with E-state index in [1.807, 2.05) is 33.0 Å². The van der Waals surface area contributed by atoms with Gasteiger partial charge in [-0.05, 0) is 24.1 Å². The van der Waals surface area contributed by atoms with Crippen molar-refractivity contribution in [2.24, 2.45) is 0 Å². The minimum Gasteiger partial charge on any atom is -0.360 e. The van der Waals surface area contributed by atoms with E-state index >= 15 is 0 Å². The Labute approximate surface area is 117 Å². The molecule has 0 aromatic carbocycles. The third kappa shape index (κ3) is 2.19. The van der Waals surface area contributed by atoms with Gasteiger partial charge in [0.25, 0.3) is 5.91 Å². The van der Waals surface area contributed by atoms with Gasteiger partial charge >= 0.3 is 0 Å². The molecule has 0 bridgehead atoms. The Balaban J connectivity index is 1.79. The molecule has 0 spiro atoms. The first-order chi connectivity index (χ1) is 9.54. The highest BCUT2D eigenvalue weighted by Gasteiger charge is 2.27. The second-order valence-electron chi connectivity index (χ2n) is 5.52. The lowest BCUT2D eigenvalue weighted by atomic mass is 10.1. The number of carbonyl (C=O) groups is 1. The van der Waals surface area contributed by atoms with Crippen molar-refractivity contribution >= 4 is 5.91 Å². The molecule has 0 saturated carbocycles. The molecule has 1 amide bonds. The Morgan fingerprint density at radius 3 is 2.75 bits per heavy atom. The molecule has 1 aliphatic rings. The molecule has 2 aromatic heterocycles. The van der Waals surface area contributed by atoms with Crippen molar-refractivity contribution in [1.29, 1.82) is 0 Å². The summed E-state index contributed by atoms with van der Waals surface area (Å²) in [6, 6.07) is 3.77. The van der Waals surface area contributed by atoms with Crippen molar-refractivity contribution in [3.63, 3.8) is 0 Å². The molecule has 5 nitrogen and oxygen atoms in total. The summed E-state index contributed by atoms with van der Waals surface area (Å²) in [5, 5.41) is 3.88. The van der Waals surface area contributed by atoms with E-state index in [1.165, 1.54) is 5.56 Å². The number of rotatable bonds is 2. The van der Waals surface area contributed by atoms with Crippen LogP contribution in [0.25, 0.3) is 0 Å². The third-order valence-corrected chi connectivity index (χ3v) is 3.55. The lowest BCUT2D eigenvalue weighted by Crippen LogP contribution is -2.25. The van der Waals surface area contributed by atoms with Crippen LogP contribution in [-0.2, 0) is 13.1 Å². The summed E-state index contributed by atoms with van der Waals surface area (Å²) in [6.07, 6.45) is 1.85. The van der Waals surface area contributed by atoms with Crippen molar-refractivity contribution in [2.75, 3.05) is 0 Å². The van der Waals surface area contributed by atoms with Gasteiger partial charge in [0, 0.05) is 37.0 Å². The van der Waals surface area contributed by atoms with Crippen LogP contribution in [0.4, 0.5) is 0 Å². The first kappa shape index (κ1) is 12.8. The summed E-state index contributed by atoms with van der Waals surface area (Å²) in [4.78, 5) is 18.5. The van der Waals surface area contributed by atoms with Crippen LogP contribution < -0.4 is 0 Å². The molecular weight excluding hydrogens is 254 g/mol. The highest BCUT2D eigenvalue weighted by atomic mass is 16.5. The SMILES string of the molecule is Cc1cc2c(cn1)CN(C(=O)c1cc(C(C)C)on1)C2. The topological polar surface area (TPSA) is 59.2 Å². The fourth-order valence-corrected chi connectivity index (χ4v) is 2.37. The van der Waals surface area contributed by atoms with Gasteiger partial charge in [0.2, 0.25) is 0 Å². The van der Waals surface area contributed by atoms with Crippen LogP contribution in [-0.4, -0.2) is 20.9 Å². The maximum atomic E-state index is 12.4. The van der Waals surface area contributed by atoms with Gasteiger partial charge in [-0.1, -0.05) is 19.0 Å². The Kier molecular flexibility index (Phi) is 3.04. The van der Waals surface area contributed by atoms with E-state index in [9.17, 15) is 4.79 Å². The average molecular weight is 271 g/mol. The van der Waals surface area contributed by atoms with Gasteiger partial charge in [-0.15, -0.1) is 0 Å². The zero-order chi connectivity index (χ0) is 14.3. The van der Waals surface area contributed by atoms with Gasteiger partial charge in [0.1, 0.15) is 5.76 Å². The van der Waals surface area contributed by atoms with Gasteiger partial charge in [0.05, 0.1) is 0 Å². The molecule has 0 aliphatic carbocycles. The molecule has 104 valence electrons. The first-order valence-electron chi connectivity index (χ1n) is 6.75. The van der Waals surface area contributed by atoms with Crippen LogP contribution in [0.5, 0.6) is 0 Å². The predicted octanol–water partition coefficient (Wildman–Crippen LogP) is 2.66. The van der Waals surface area contributed by atoms with Crippen molar-refractivity contribution in [2.45, 2.75) is 39.8 Å². The van der Waals surface area contributed by atoms with Gasteiger partial charge in [-0.2, -0.15) is 0 Å². The van der Waals surface area contributed by atoms with Crippen molar-refractivity contribution in [3.8, 4) is 0 Å². The Bertz CT molecular complexity index is 661. The number of pyridine rings is 1. The van der Waals surface area contributed by atoms with Crippen LogP contribution in [0.3, 0.4) is 0 Å². The number of fused-ring (bicyclic) bond motifs is 1. The van der Waals surface area contributed by atoms with Crippen molar-refractivity contribution in [1.82, 2.24) is 15.0 Å². The number of aromatic nitrogens is 2. The van der Waals surface area contributed by atoms with Crippen LogP contribution >= 0.6 is 0 Å². The van der Waals surface area contributed by atoms with E-state index in [0.29, 0.717) is 18.8 Å². The van der Waals surface area contributed by atoms with Gasteiger partial charge in [-0.3, -0.25) is 9.78 Å². The summed E-state index contributed by atoms with van der Waals surface area (Å²) in [5.74, 6) is 0.878. The van der Waals surface area contributed by atoms with Crippen LogP contribution in [0.15, 0.2) is 22.9 Å². The van der Waals surface area contributed by atoms with Gasteiger partial charge in [0.15, 0.2) is 5.69 Å². The summed E-state index contributed by atoms with van der Waals surface area (Å²) < 4.78 is 5.19. The maximum absolute atomic E-state index is 12.4. The van der Waals surface area contributed by atoms with E-state index in [2.05, 4.69) is 10.1 Å². The standard InChI is InChI=1S/C15H17N3O2/c1-9(2)14-5-13(17-20-14)15(19)18-7-11-4-10(3)16-6-12(11)8-18/h4-6,9H,7-8H2,1-3H3. The van der Waals surface area contributed by atoms with Crippen molar-refractivity contribution in [3.05, 3.63) is 46.6 Å². The van der Waals surface area contributed by atoms with Crippen LogP contribution in [0, 0.1) is 6.92 Å². The van der Waals surface area contributed by atoms with Gasteiger partial charge in [-0.25, -0.2) is 0 Å². The molecule has 0 N–H and O–H groups in total. The number of amides is 1. The Morgan fingerprint density at radius 1 is 1.30 bits per heavy atom. The third-order valence-electron chi connectivity index (χ3n) is 3.55. The molecule has 0 atom stereocenters. The second kappa shape index (κ2) is 4.74. The molecule has 2 aromatic rings. The summed E-state index contributed by atoms with van der Waals surface area (Å²) in [5.41, 5.74) is 3.63. The smallest absolute Gasteiger partial charge is 0.276 e. The van der Waals surface area contributed by atoms with E-state index in [-0.39, 0.29) is 11.8 Å². The largest absolute Gasteiger partial charge is 0.360 e. The fourth-order valence-electron chi connectivity index (χ4n) is 2.37.